The summed E-state index contributed by atoms with van der Waals surface area (Å²) in [6, 6.07) is 5.53. The summed E-state index contributed by atoms with van der Waals surface area (Å²) in [5.41, 5.74) is 3.08. The van der Waals surface area contributed by atoms with E-state index in [2.05, 4.69) is 14.9 Å². The maximum absolute atomic E-state index is 6.19. The lowest BCUT2D eigenvalue weighted by Gasteiger charge is -2.21. The number of rotatable bonds is 3. The van der Waals surface area contributed by atoms with Gasteiger partial charge in [-0.05, 0) is 31.5 Å². The third kappa shape index (κ3) is 3.17. The van der Waals surface area contributed by atoms with Crippen LogP contribution in [0.1, 0.15) is 16.8 Å². The Morgan fingerprint density at radius 1 is 1.16 bits per heavy atom. The molecule has 100 valence electrons. The lowest BCUT2D eigenvalue weighted by atomic mass is 10.2. The van der Waals surface area contributed by atoms with Crippen LogP contribution in [0.15, 0.2) is 24.5 Å². The Kier molecular flexibility index (Phi) is 4.27. The van der Waals surface area contributed by atoms with Crippen LogP contribution in [0.4, 0.5) is 5.82 Å². The Bertz CT molecular complexity index is 599. The first-order chi connectivity index (χ1) is 8.99. The van der Waals surface area contributed by atoms with Crippen LogP contribution >= 0.6 is 23.2 Å². The van der Waals surface area contributed by atoms with Crippen molar-refractivity contribution in [2.75, 3.05) is 11.9 Å². The molecule has 0 radical (unpaired) electrons. The molecule has 5 heteroatoms. The first-order valence-corrected chi connectivity index (χ1v) is 6.68. The number of aryl methyl sites for hydroxylation is 1. The van der Waals surface area contributed by atoms with E-state index < -0.39 is 0 Å². The second-order valence-electron chi connectivity index (χ2n) is 4.50. The molecule has 0 fully saturated rings. The average molecular weight is 296 g/mol. The fourth-order valence-electron chi connectivity index (χ4n) is 1.89. The minimum atomic E-state index is 0.644. The predicted molar refractivity (Wildman–Crippen MR) is 80.1 cm³/mol. The molecule has 19 heavy (non-hydrogen) atoms. The molecule has 2 rings (SSSR count). The molecule has 0 saturated carbocycles. The molecule has 0 atom stereocenters. The summed E-state index contributed by atoms with van der Waals surface area (Å²) in [5, 5.41) is 1.31. The van der Waals surface area contributed by atoms with Crippen molar-refractivity contribution < 1.29 is 0 Å². The van der Waals surface area contributed by atoms with E-state index >= 15 is 0 Å². The van der Waals surface area contributed by atoms with Crippen LogP contribution in [0.5, 0.6) is 0 Å². The second-order valence-corrected chi connectivity index (χ2v) is 5.34. The average Bonchev–Trinajstić information content (AvgIpc) is 2.36. The van der Waals surface area contributed by atoms with Gasteiger partial charge in [-0.1, -0.05) is 29.3 Å². The number of aromatic nitrogens is 2. The number of anilines is 1. The van der Waals surface area contributed by atoms with Gasteiger partial charge in [-0.15, -0.1) is 0 Å². The van der Waals surface area contributed by atoms with Crippen molar-refractivity contribution in [1.29, 1.82) is 0 Å². The van der Waals surface area contributed by atoms with Gasteiger partial charge in [-0.25, -0.2) is 9.97 Å². The summed E-state index contributed by atoms with van der Waals surface area (Å²) in [6.45, 7) is 4.67. The van der Waals surface area contributed by atoms with Gasteiger partial charge in [-0.3, -0.25) is 0 Å². The van der Waals surface area contributed by atoms with E-state index in [4.69, 9.17) is 23.2 Å². The fourth-order valence-corrected chi connectivity index (χ4v) is 2.36. The van der Waals surface area contributed by atoms with Crippen molar-refractivity contribution in [1.82, 2.24) is 9.97 Å². The Balaban J connectivity index is 2.25. The highest BCUT2D eigenvalue weighted by Gasteiger charge is 2.11. The van der Waals surface area contributed by atoms with Crippen molar-refractivity contribution in [3.05, 3.63) is 51.4 Å². The third-order valence-electron chi connectivity index (χ3n) is 3.09. The first-order valence-electron chi connectivity index (χ1n) is 5.92. The monoisotopic (exact) mass is 295 g/mol. The van der Waals surface area contributed by atoms with E-state index in [-0.39, 0.29) is 0 Å². The SMILES string of the molecule is Cc1ncnc(N(C)Cc2ccc(Cl)cc2Cl)c1C. The van der Waals surface area contributed by atoms with Gasteiger partial charge in [0.2, 0.25) is 0 Å². The summed E-state index contributed by atoms with van der Waals surface area (Å²) < 4.78 is 0. The standard InChI is InChI=1S/C14H15Cl2N3/c1-9-10(2)17-8-18-14(9)19(3)7-11-4-5-12(15)6-13(11)16/h4-6,8H,7H2,1-3H3. The molecule has 0 spiro atoms. The highest BCUT2D eigenvalue weighted by Crippen LogP contribution is 2.24. The van der Waals surface area contributed by atoms with Gasteiger partial charge in [0.05, 0.1) is 0 Å². The molecular weight excluding hydrogens is 281 g/mol. The normalized spacial score (nSPS) is 10.6. The number of nitrogens with zero attached hydrogens (tertiary/aromatic N) is 3. The zero-order chi connectivity index (χ0) is 14.0. The molecule has 0 bridgehead atoms. The Morgan fingerprint density at radius 3 is 2.58 bits per heavy atom. The van der Waals surface area contributed by atoms with E-state index in [1.165, 1.54) is 0 Å². The zero-order valence-electron chi connectivity index (χ0n) is 11.1. The van der Waals surface area contributed by atoms with Gasteiger partial charge >= 0.3 is 0 Å². The number of hydrogen-bond acceptors (Lipinski definition) is 3. The zero-order valence-corrected chi connectivity index (χ0v) is 12.6. The molecule has 0 aliphatic carbocycles. The largest absolute Gasteiger partial charge is 0.355 e. The molecule has 2 aromatic rings. The molecule has 0 unspecified atom stereocenters. The number of halogens is 2. The molecule has 0 N–H and O–H groups in total. The third-order valence-corrected chi connectivity index (χ3v) is 3.68. The van der Waals surface area contributed by atoms with E-state index in [0.717, 1.165) is 22.6 Å². The van der Waals surface area contributed by atoms with Gasteiger partial charge in [0.1, 0.15) is 12.1 Å². The van der Waals surface area contributed by atoms with Gasteiger partial charge in [0.25, 0.3) is 0 Å². The lowest BCUT2D eigenvalue weighted by Crippen LogP contribution is -2.19. The minimum Gasteiger partial charge on any atom is -0.355 e. The van der Waals surface area contributed by atoms with Crippen molar-refractivity contribution in [2.45, 2.75) is 20.4 Å². The van der Waals surface area contributed by atoms with Crippen molar-refractivity contribution in [3.63, 3.8) is 0 Å². The van der Waals surface area contributed by atoms with Crippen LogP contribution in [0.25, 0.3) is 0 Å². The van der Waals surface area contributed by atoms with Crippen molar-refractivity contribution in [2.24, 2.45) is 0 Å². The van der Waals surface area contributed by atoms with E-state index in [1.54, 1.807) is 12.4 Å². The Labute approximate surface area is 123 Å². The molecule has 0 amide bonds. The van der Waals surface area contributed by atoms with Crippen LogP contribution in [0.3, 0.4) is 0 Å². The summed E-state index contributed by atoms with van der Waals surface area (Å²) >= 11 is 12.1. The lowest BCUT2D eigenvalue weighted by molar-refractivity contribution is 0.875. The van der Waals surface area contributed by atoms with E-state index in [0.29, 0.717) is 16.6 Å². The van der Waals surface area contributed by atoms with Crippen LogP contribution in [0.2, 0.25) is 10.0 Å². The summed E-state index contributed by atoms with van der Waals surface area (Å²) in [5.74, 6) is 0.915. The summed E-state index contributed by atoms with van der Waals surface area (Å²) in [7, 11) is 1.99. The smallest absolute Gasteiger partial charge is 0.135 e. The molecule has 1 aromatic heterocycles. The molecule has 0 aliphatic heterocycles. The molecule has 1 heterocycles. The first kappa shape index (κ1) is 14.1. The second kappa shape index (κ2) is 5.76. The number of hydrogen-bond donors (Lipinski definition) is 0. The summed E-state index contributed by atoms with van der Waals surface area (Å²) in [6.07, 6.45) is 1.58. The maximum Gasteiger partial charge on any atom is 0.135 e. The van der Waals surface area contributed by atoms with Crippen LogP contribution in [-0.4, -0.2) is 17.0 Å². The predicted octanol–water partition coefficient (Wildman–Crippen LogP) is 4.04. The highest BCUT2D eigenvalue weighted by molar-refractivity contribution is 6.35. The molecule has 3 nitrogen and oxygen atoms in total. The van der Waals surface area contributed by atoms with E-state index in [9.17, 15) is 0 Å². The van der Waals surface area contributed by atoms with Crippen LogP contribution < -0.4 is 4.90 Å². The highest BCUT2D eigenvalue weighted by atomic mass is 35.5. The van der Waals surface area contributed by atoms with Crippen molar-refractivity contribution in [3.8, 4) is 0 Å². The minimum absolute atomic E-state index is 0.644. The Morgan fingerprint density at radius 2 is 1.89 bits per heavy atom. The maximum atomic E-state index is 6.19. The van der Waals surface area contributed by atoms with Crippen LogP contribution in [0, 0.1) is 13.8 Å². The molecule has 1 aromatic carbocycles. The van der Waals surface area contributed by atoms with Gasteiger partial charge in [0, 0.05) is 34.9 Å². The van der Waals surface area contributed by atoms with Gasteiger partial charge in [0.15, 0.2) is 0 Å². The van der Waals surface area contributed by atoms with Gasteiger partial charge < -0.3 is 4.90 Å². The number of benzene rings is 1. The Hall–Kier alpha value is -1.32. The molecular formula is C14H15Cl2N3. The quantitative estimate of drug-likeness (QED) is 0.856. The fraction of sp³-hybridized carbons (Fsp3) is 0.286. The van der Waals surface area contributed by atoms with Crippen LogP contribution in [-0.2, 0) is 6.54 Å². The van der Waals surface area contributed by atoms with Crippen molar-refractivity contribution >= 4 is 29.0 Å². The molecule has 0 saturated heterocycles. The van der Waals surface area contributed by atoms with Gasteiger partial charge in [-0.2, -0.15) is 0 Å². The van der Waals surface area contributed by atoms with E-state index in [1.807, 2.05) is 33.0 Å². The molecule has 0 aliphatic rings. The summed E-state index contributed by atoms with van der Waals surface area (Å²) in [4.78, 5) is 10.6. The topological polar surface area (TPSA) is 29.0 Å².